The van der Waals surface area contributed by atoms with Crippen LogP contribution in [0.25, 0.3) is 0 Å². The van der Waals surface area contributed by atoms with Crippen molar-refractivity contribution in [1.82, 2.24) is 0 Å². The Morgan fingerprint density at radius 3 is 2.57 bits per heavy atom. The van der Waals surface area contributed by atoms with E-state index >= 15 is 0 Å². The quantitative estimate of drug-likeness (QED) is 0.480. The van der Waals surface area contributed by atoms with Crippen molar-refractivity contribution in [3.63, 3.8) is 0 Å². The summed E-state index contributed by atoms with van der Waals surface area (Å²) in [4.78, 5) is -0.248. The normalized spacial score (nSPS) is 20.4. The van der Waals surface area contributed by atoms with Crippen molar-refractivity contribution in [2.75, 3.05) is 14.2 Å². The minimum atomic E-state index is -2.59. The predicted molar refractivity (Wildman–Crippen MR) is 79.1 cm³/mol. The molecule has 0 N–H and O–H groups in total. The van der Waals surface area contributed by atoms with E-state index in [2.05, 4.69) is 0 Å². The molecule has 112 valence electrons. The van der Waals surface area contributed by atoms with E-state index in [1.165, 1.54) is 38.6 Å². The minimum Gasteiger partial charge on any atom is -0.621 e. The van der Waals surface area contributed by atoms with Crippen LogP contribution in [-0.4, -0.2) is 32.3 Å². The zero-order valence-electron chi connectivity index (χ0n) is 11.6. The Labute approximate surface area is 124 Å². The van der Waals surface area contributed by atoms with E-state index in [-0.39, 0.29) is 11.5 Å². The molecule has 1 aromatic carbocycles. The van der Waals surface area contributed by atoms with E-state index in [9.17, 15) is 13.6 Å². The molecule has 1 aromatic rings. The first-order valence-corrected chi connectivity index (χ1v) is 7.20. The fourth-order valence-electron chi connectivity index (χ4n) is 2.10. The third kappa shape index (κ3) is 3.15. The lowest BCUT2D eigenvalue weighted by molar-refractivity contribution is -0.744. The van der Waals surface area contributed by atoms with Crippen LogP contribution < -0.4 is 9.47 Å². The molecule has 1 aliphatic rings. The standard InChI is InChI=1S/C14H15NO5S/c1-19-12-6-7-13(20-2)11(9-12)10-15(16)8-4-3-5-14(15)21(17)18/h3-9H,10H2,1-2H3. The molecule has 0 saturated carbocycles. The van der Waals surface area contributed by atoms with Crippen LogP contribution in [0.1, 0.15) is 5.56 Å². The monoisotopic (exact) mass is 309 g/mol. The molecule has 6 nitrogen and oxygen atoms in total. The van der Waals surface area contributed by atoms with E-state index in [0.717, 1.165) is 0 Å². The molecule has 21 heavy (non-hydrogen) atoms. The Morgan fingerprint density at radius 1 is 1.19 bits per heavy atom. The van der Waals surface area contributed by atoms with Gasteiger partial charge in [0.15, 0.2) is 0 Å². The largest absolute Gasteiger partial charge is 0.621 e. The number of quaternary nitrogens is 1. The summed E-state index contributed by atoms with van der Waals surface area (Å²) >= 11 is 0. The topological polar surface area (TPSA) is 75.7 Å². The van der Waals surface area contributed by atoms with Crippen molar-refractivity contribution in [2.24, 2.45) is 0 Å². The first kappa shape index (κ1) is 15.3. The summed E-state index contributed by atoms with van der Waals surface area (Å²) in [5.74, 6) is 1.07. The van der Waals surface area contributed by atoms with Gasteiger partial charge in [0.05, 0.1) is 19.8 Å². The van der Waals surface area contributed by atoms with Crippen LogP contribution in [0.15, 0.2) is 42.6 Å². The highest BCUT2D eigenvalue weighted by Gasteiger charge is 2.26. The third-order valence-electron chi connectivity index (χ3n) is 3.11. The first-order valence-electron chi connectivity index (χ1n) is 6.12. The van der Waals surface area contributed by atoms with Gasteiger partial charge in [0.1, 0.15) is 24.2 Å². The van der Waals surface area contributed by atoms with Crippen LogP contribution in [0.3, 0.4) is 0 Å². The van der Waals surface area contributed by atoms with E-state index in [0.29, 0.717) is 17.1 Å². The van der Waals surface area contributed by atoms with Crippen molar-refractivity contribution < 1.29 is 22.5 Å². The zero-order chi connectivity index (χ0) is 15.5. The van der Waals surface area contributed by atoms with Crippen molar-refractivity contribution in [3.8, 4) is 11.5 Å². The Balaban J connectivity index is 2.47. The molecule has 1 atom stereocenters. The Morgan fingerprint density at radius 2 is 1.95 bits per heavy atom. The van der Waals surface area contributed by atoms with E-state index < -0.39 is 14.9 Å². The molecule has 7 heteroatoms. The second kappa shape index (κ2) is 6.13. The summed E-state index contributed by atoms with van der Waals surface area (Å²) < 4.78 is 31.7. The number of rotatable bonds is 4. The Kier molecular flexibility index (Phi) is 4.46. The summed E-state index contributed by atoms with van der Waals surface area (Å²) in [6, 6.07) is 5.05. The molecule has 1 heterocycles. The predicted octanol–water partition coefficient (Wildman–Crippen LogP) is 1.61. The maximum atomic E-state index is 12.8. The van der Waals surface area contributed by atoms with Gasteiger partial charge in [-0.15, -0.1) is 0 Å². The summed E-state index contributed by atoms with van der Waals surface area (Å²) in [6.45, 7) is -0.107. The van der Waals surface area contributed by atoms with Crippen LogP contribution in [0.5, 0.6) is 11.5 Å². The molecule has 0 fully saturated rings. The maximum Gasteiger partial charge on any atom is 0.277 e. The van der Waals surface area contributed by atoms with Crippen molar-refractivity contribution in [3.05, 3.63) is 53.4 Å². The Hall–Kier alpha value is -2.09. The highest BCUT2D eigenvalue weighted by Crippen LogP contribution is 2.28. The lowest BCUT2D eigenvalue weighted by Crippen LogP contribution is -2.42. The average molecular weight is 309 g/mol. The molecular formula is C14H15NO5S. The van der Waals surface area contributed by atoms with Crippen molar-refractivity contribution in [1.29, 1.82) is 0 Å². The molecule has 0 saturated heterocycles. The van der Waals surface area contributed by atoms with Gasteiger partial charge in [-0.2, -0.15) is 8.42 Å². The minimum absolute atomic E-state index is 0.107. The third-order valence-corrected chi connectivity index (χ3v) is 3.90. The fraction of sp³-hybridized carbons (Fsp3) is 0.214. The zero-order valence-corrected chi connectivity index (χ0v) is 12.5. The molecule has 1 aliphatic heterocycles. The van der Waals surface area contributed by atoms with E-state index in [1.807, 2.05) is 0 Å². The maximum absolute atomic E-state index is 12.8. The molecule has 0 radical (unpaired) electrons. The van der Waals surface area contributed by atoms with Crippen LogP contribution in [0.2, 0.25) is 0 Å². The number of benzene rings is 1. The first-order chi connectivity index (χ1) is 10.00. The summed E-state index contributed by atoms with van der Waals surface area (Å²) in [5, 5.41) is 12.8. The summed E-state index contributed by atoms with van der Waals surface area (Å²) in [6.07, 6.45) is 5.62. The number of hydrogen-bond donors (Lipinski definition) is 0. The lowest BCUT2D eigenvalue weighted by Gasteiger charge is -2.38. The van der Waals surface area contributed by atoms with Crippen LogP contribution >= 0.6 is 0 Å². The van der Waals surface area contributed by atoms with Gasteiger partial charge in [0, 0.05) is 6.08 Å². The number of nitrogens with zero attached hydrogens (tertiary/aromatic N) is 1. The molecule has 0 aliphatic carbocycles. The van der Waals surface area contributed by atoms with Crippen LogP contribution in [-0.2, 0) is 16.8 Å². The van der Waals surface area contributed by atoms with Gasteiger partial charge in [0.2, 0.25) is 0 Å². The summed E-state index contributed by atoms with van der Waals surface area (Å²) in [7, 11) is 0.409. The van der Waals surface area contributed by atoms with Crippen LogP contribution in [0.4, 0.5) is 0 Å². The highest BCUT2D eigenvalue weighted by molar-refractivity contribution is 7.72. The SMILES string of the molecule is COc1ccc(OC)c(C[N+]2([O-])C=CC=CC2=S(=O)=O)c1. The molecule has 0 amide bonds. The second-order valence-electron chi connectivity index (χ2n) is 4.41. The molecular weight excluding hydrogens is 294 g/mol. The van der Waals surface area contributed by atoms with Gasteiger partial charge >= 0.3 is 0 Å². The molecule has 1 unspecified atom stereocenters. The van der Waals surface area contributed by atoms with Gasteiger partial charge in [0.25, 0.3) is 15.3 Å². The second-order valence-corrected chi connectivity index (χ2v) is 5.29. The number of methoxy groups -OCH3 is 2. The smallest absolute Gasteiger partial charge is 0.277 e. The summed E-state index contributed by atoms with van der Waals surface area (Å²) in [5.41, 5.74) is 0.565. The molecule has 0 aromatic heterocycles. The fourth-order valence-corrected chi connectivity index (χ4v) is 2.66. The van der Waals surface area contributed by atoms with Gasteiger partial charge in [-0.3, -0.25) is 4.65 Å². The number of allylic oxidation sites excluding steroid dienone is 2. The van der Waals surface area contributed by atoms with Crippen molar-refractivity contribution in [2.45, 2.75) is 6.54 Å². The van der Waals surface area contributed by atoms with Gasteiger partial charge in [-0.25, -0.2) is 0 Å². The Bertz CT molecular complexity index is 728. The van der Waals surface area contributed by atoms with E-state index in [4.69, 9.17) is 9.47 Å². The molecule has 0 bridgehead atoms. The molecule has 0 spiro atoms. The highest BCUT2D eigenvalue weighted by atomic mass is 32.2. The van der Waals surface area contributed by atoms with Gasteiger partial charge in [-0.1, -0.05) is 0 Å². The average Bonchev–Trinajstić information content (AvgIpc) is 2.46. The number of hydroxylamine groups is 3. The molecule has 2 rings (SSSR count). The van der Waals surface area contributed by atoms with Crippen LogP contribution in [0, 0.1) is 5.21 Å². The van der Waals surface area contributed by atoms with Gasteiger partial charge in [-0.05, 0) is 30.4 Å². The van der Waals surface area contributed by atoms with Crippen molar-refractivity contribution >= 4 is 15.3 Å². The number of hydrogen-bond acceptors (Lipinski definition) is 5. The lowest BCUT2D eigenvalue weighted by atomic mass is 10.1. The number of ether oxygens (including phenoxy) is 2. The van der Waals surface area contributed by atoms with Gasteiger partial charge < -0.3 is 14.7 Å². The van der Waals surface area contributed by atoms with E-state index in [1.54, 1.807) is 18.2 Å².